The fourth-order valence-corrected chi connectivity index (χ4v) is 10.8. The number of ketones is 1. The number of hydrogen-bond donors (Lipinski definition) is 4. The van der Waals surface area contributed by atoms with Gasteiger partial charge in [0.1, 0.15) is 42.4 Å². The standard InChI is InChI=1S/C42H62O14/c1-19-13-25-7-9-28-20(2)14-24(49-28)6-5-23(44)15-32-36(47)41-42(55-32)37(48)40-30(54-41)10-8-26(51-40)16-35(46)56-39-22(4)38-33(17-27(45)29(53-38)11-12-43)52-34(39)18-31(50-25)21(19)3/h19,22,24-34,36-43,45,47-48H,2-3,5-18H2,1,4H3/t19-,22+,24?,25?,26-,27-,28?,29?,30+,31-,32-,33+,34+,36+,37+,38+,39-,40+,41+,42+/m1/s1. The Labute approximate surface area is 329 Å². The predicted octanol–water partition coefficient (Wildman–Crippen LogP) is 2.38. The number of rotatable bonds is 2. The van der Waals surface area contributed by atoms with Crippen molar-refractivity contribution in [3.05, 3.63) is 24.3 Å². The number of aliphatic hydroxyl groups is 4. The molecule has 14 heteroatoms. The molecule has 8 heterocycles. The molecular weight excluding hydrogens is 728 g/mol. The van der Waals surface area contributed by atoms with Gasteiger partial charge >= 0.3 is 5.97 Å². The van der Waals surface area contributed by atoms with Gasteiger partial charge in [0.2, 0.25) is 0 Å². The molecule has 0 aliphatic carbocycles. The van der Waals surface area contributed by atoms with Crippen molar-refractivity contribution in [2.45, 2.75) is 207 Å². The summed E-state index contributed by atoms with van der Waals surface area (Å²) in [7, 11) is 0. The van der Waals surface area contributed by atoms with Crippen molar-refractivity contribution >= 4 is 11.8 Å². The van der Waals surface area contributed by atoms with Crippen LogP contribution in [-0.2, 0) is 47.5 Å². The Morgan fingerprint density at radius 3 is 2.14 bits per heavy atom. The fraction of sp³-hybridized carbons (Fsp3) is 0.857. The molecular formula is C42H62O14. The highest BCUT2D eigenvalue weighted by molar-refractivity contribution is 5.79. The average Bonchev–Trinajstić information content (AvgIpc) is 3.68. The van der Waals surface area contributed by atoms with Crippen LogP contribution in [0.4, 0.5) is 0 Å². The van der Waals surface area contributed by atoms with E-state index >= 15 is 0 Å². The van der Waals surface area contributed by atoms with E-state index in [1.165, 1.54) is 0 Å². The minimum absolute atomic E-state index is 0.00469. The normalized spacial score (nSPS) is 50.5. The Bertz CT molecular complexity index is 1460. The predicted molar refractivity (Wildman–Crippen MR) is 197 cm³/mol. The van der Waals surface area contributed by atoms with Crippen molar-refractivity contribution in [2.24, 2.45) is 11.8 Å². The SMILES string of the molecule is C=C1CC2CCC(=O)C[C@H]3O[C@H]4[C@@H](O)[C@H]5O[C@H](CC[C@@H]5O[C@H]4[C@H]3O)CC(=O)O[C@@H]3[C@@H](C)[C@@H]4OC(CCO)[C@H](O)C[C@@H]4O[C@H]3C[C@H]3OC(CCC1O2)C[C@@H](C)C3=C. The Morgan fingerprint density at radius 2 is 1.34 bits per heavy atom. The van der Waals surface area contributed by atoms with Gasteiger partial charge in [0.05, 0.1) is 79.7 Å². The van der Waals surface area contributed by atoms with Crippen LogP contribution in [-0.4, -0.2) is 149 Å². The van der Waals surface area contributed by atoms with Gasteiger partial charge in [0.15, 0.2) is 0 Å². The number of hydrogen-bond acceptors (Lipinski definition) is 14. The molecule has 8 bridgehead atoms. The number of ether oxygens (including phenoxy) is 8. The largest absolute Gasteiger partial charge is 0.459 e. The van der Waals surface area contributed by atoms with Gasteiger partial charge in [0.25, 0.3) is 0 Å². The van der Waals surface area contributed by atoms with Gasteiger partial charge in [-0.05, 0) is 68.4 Å². The monoisotopic (exact) mass is 790 g/mol. The second-order valence-corrected chi connectivity index (χ2v) is 17.9. The molecule has 314 valence electrons. The van der Waals surface area contributed by atoms with E-state index in [1.54, 1.807) is 0 Å². The molecule has 0 aromatic heterocycles. The molecule has 0 aromatic rings. The van der Waals surface area contributed by atoms with E-state index in [-0.39, 0.29) is 74.3 Å². The van der Waals surface area contributed by atoms with Crippen molar-refractivity contribution in [1.29, 1.82) is 0 Å². The third kappa shape index (κ3) is 8.32. The van der Waals surface area contributed by atoms with Crippen molar-refractivity contribution < 1.29 is 67.9 Å². The summed E-state index contributed by atoms with van der Waals surface area (Å²) in [5.74, 6) is -0.665. The van der Waals surface area contributed by atoms with Crippen LogP contribution in [0.1, 0.15) is 97.3 Å². The third-order valence-electron chi connectivity index (χ3n) is 14.0. The van der Waals surface area contributed by atoms with E-state index in [0.717, 1.165) is 30.4 Å². The lowest BCUT2D eigenvalue weighted by Crippen LogP contribution is -2.62. The Kier molecular flexibility index (Phi) is 12.5. The summed E-state index contributed by atoms with van der Waals surface area (Å²) in [6.45, 7) is 12.7. The van der Waals surface area contributed by atoms with Crippen LogP contribution in [0.3, 0.4) is 0 Å². The molecule has 4 unspecified atom stereocenters. The number of aliphatic hydroxyl groups excluding tert-OH is 4. The van der Waals surface area contributed by atoms with Crippen LogP contribution in [0.15, 0.2) is 24.3 Å². The summed E-state index contributed by atoms with van der Waals surface area (Å²) < 4.78 is 51.3. The molecule has 20 atom stereocenters. The molecule has 0 radical (unpaired) electrons. The highest BCUT2D eigenvalue weighted by Crippen LogP contribution is 2.44. The Hall–Kier alpha value is -1.82. The summed E-state index contributed by atoms with van der Waals surface area (Å²) >= 11 is 0. The van der Waals surface area contributed by atoms with Crippen LogP contribution >= 0.6 is 0 Å². The maximum absolute atomic E-state index is 13.9. The van der Waals surface area contributed by atoms with Gasteiger partial charge in [-0.1, -0.05) is 27.0 Å². The number of fused-ring (bicyclic) bond motifs is 8. The maximum atomic E-state index is 13.9. The molecule has 8 fully saturated rings. The van der Waals surface area contributed by atoms with E-state index in [2.05, 4.69) is 20.1 Å². The van der Waals surface area contributed by atoms with Crippen molar-refractivity contribution in [1.82, 2.24) is 0 Å². The van der Waals surface area contributed by atoms with Crippen LogP contribution in [0.5, 0.6) is 0 Å². The zero-order chi connectivity index (χ0) is 39.4. The van der Waals surface area contributed by atoms with E-state index in [4.69, 9.17) is 37.9 Å². The zero-order valence-electron chi connectivity index (χ0n) is 32.7. The van der Waals surface area contributed by atoms with Crippen LogP contribution in [0, 0.1) is 11.8 Å². The first kappa shape index (κ1) is 40.9. The number of carbonyl (C=O) groups is 2. The highest BCUT2D eigenvalue weighted by Gasteiger charge is 2.57. The quantitative estimate of drug-likeness (QED) is 0.236. The smallest absolute Gasteiger partial charge is 0.308 e. The second-order valence-electron chi connectivity index (χ2n) is 17.9. The molecule has 14 nitrogen and oxygen atoms in total. The van der Waals surface area contributed by atoms with E-state index < -0.39 is 91.4 Å². The number of Topliss-reactive ketones (excluding diaryl/α,β-unsaturated/α-hetero) is 1. The maximum Gasteiger partial charge on any atom is 0.308 e. The van der Waals surface area contributed by atoms with Gasteiger partial charge in [-0.15, -0.1) is 0 Å². The minimum atomic E-state index is -1.13. The second kappa shape index (κ2) is 17.0. The number of carbonyl (C=O) groups excluding carboxylic acids is 2. The van der Waals surface area contributed by atoms with Gasteiger partial charge < -0.3 is 58.3 Å². The highest BCUT2D eigenvalue weighted by atomic mass is 16.6. The molecule has 8 aliphatic heterocycles. The lowest BCUT2D eigenvalue weighted by atomic mass is 9.79. The summed E-state index contributed by atoms with van der Waals surface area (Å²) in [6, 6.07) is 0. The van der Waals surface area contributed by atoms with E-state index in [0.29, 0.717) is 38.5 Å². The topological polar surface area (TPSA) is 189 Å². The molecule has 0 aromatic carbocycles. The Morgan fingerprint density at radius 1 is 0.625 bits per heavy atom. The Balaban J connectivity index is 1.03. The molecule has 0 saturated carbocycles. The molecule has 56 heavy (non-hydrogen) atoms. The van der Waals surface area contributed by atoms with Crippen LogP contribution in [0.25, 0.3) is 0 Å². The van der Waals surface area contributed by atoms with Gasteiger partial charge in [-0.3, -0.25) is 9.59 Å². The van der Waals surface area contributed by atoms with E-state index in [9.17, 15) is 30.0 Å². The van der Waals surface area contributed by atoms with Crippen LogP contribution in [0.2, 0.25) is 0 Å². The summed E-state index contributed by atoms with van der Waals surface area (Å²) in [5, 5.41) is 43.2. The average molecular weight is 791 g/mol. The summed E-state index contributed by atoms with van der Waals surface area (Å²) in [4.78, 5) is 27.0. The summed E-state index contributed by atoms with van der Waals surface area (Å²) in [6.07, 6.45) is -5.21. The molecule has 0 spiro atoms. The first-order valence-electron chi connectivity index (χ1n) is 21.2. The van der Waals surface area contributed by atoms with Gasteiger partial charge in [0, 0.05) is 38.2 Å². The van der Waals surface area contributed by atoms with Crippen molar-refractivity contribution in [3.63, 3.8) is 0 Å². The first-order valence-corrected chi connectivity index (χ1v) is 21.2. The fourth-order valence-electron chi connectivity index (χ4n) is 10.8. The molecule has 8 saturated heterocycles. The number of esters is 1. The van der Waals surface area contributed by atoms with Crippen LogP contribution < -0.4 is 0 Å². The van der Waals surface area contributed by atoms with Crippen molar-refractivity contribution in [3.8, 4) is 0 Å². The first-order chi connectivity index (χ1) is 26.9. The zero-order valence-corrected chi connectivity index (χ0v) is 32.7. The molecule has 8 rings (SSSR count). The molecule has 4 N–H and O–H groups in total. The lowest BCUT2D eigenvalue weighted by molar-refractivity contribution is -0.275. The van der Waals surface area contributed by atoms with Gasteiger partial charge in [-0.2, -0.15) is 0 Å². The van der Waals surface area contributed by atoms with E-state index in [1.807, 2.05) is 6.92 Å². The van der Waals surface area contributed by atoms with Gasteiger partial charge in [-0.25, -0.2) is 0 Å². The third-order valence-corrected chi connectivity index (χ3v) is 14.0. The lowest BCUT2D eigenvalue weighted by Gasteiger charge is -2.51. The molecule has 0 amide bonds. The minimum Gasteiger partial charge on any atom is -0.459 e. The summed E-state index contributed by atoms with van der Waals surface area (Å²) in [5.41, 5.74) is 1.97. The molecule has 8 aliphatic rings. The van der Waals surface area contributed by atoms with Crippen molar-refractivity contribution in [2.75, 3.05) is 6.61 Å².